The zero-order valence-electron chi connectivity index (χ0n) is 31.3. The summed E-state index contributed by atoms with van der Waals surface area (Å²) >= 11 is 0. The Bertz CT molecular complexity index is 1110. The van der Waals surface area contributed by atoms with E-state index in [2.05, 4.69) is 73.1 Å². The lowest BCUT2D eigenvalue weighted by molar-refractivity contribution is -0.161. The highest BCUT2D eigenvalue weighted by Gasteiger charge is 2.22. The maximum atomic E-state index is 12.4. The maximum Gasteiger partial charge on any atom is 0.469 e. The second-order valence-corrected chi connectivity index (χ2v) is 13.6. The van der Waals surface area contributed by atoms with Gasteiger partial charge in [-0.15, -0.1) is 0 Å². The lowest BCUT2D eigenvalue weighted by Gasteiger charge is -2.18. The second-order valence-electron chi connectivity index (χ2n) is 12.3. The fourth-order valence-electron chi connectivity index (χ4n) is 4.69. The molecule has 0 fully saturated rings. The molecule has 3 N–H and O–H groups in total. The van der Waals surface area contributed by atoms with Gasteiger partial charge < -0.3 is 24.4 Å². The normalized spacial score (nSPS) is 14.1. The van der Waals surface area contributed by atoms with Crippen LogP contribution in [0.4, 0.5) is 0 Å². The molecule has 0 amide bonds. The van der Waals surface area contributed by atoms with Gasteiger partial charge in [0.05, 0.1) is 12.7 Å². The number of carbonyl (C=O) groups excluding carboxylic acids is 2. The monoisotopic (exact) mass is 734 g/mol. The van der Waals surface area contributed by atoms with Gasteiger partial charge in [-0.3, -0.25) is 14.1 Å². The van der Waals surface area contributed by atoms with Crippen molar-refractivity contribution < 1.29 is 43.0 Å². The number of rotatable bonds is 33. The Balaban J connectivity index is 4.11. The van der Waals surface area contributed by atoms with Crippen LogP contribution in [-0.4, -0.2) is 52.3 Å². The molecule has 290 valence electrons. The molecule has 0 aromatic heterocycles. The number of aliphatic hydroxyl groups is 1. The van der Waals surface area contributed by atoms with E-state index >= 15 is 0 Å². The third-order valence-corrected chi connectivity index (χ3v) is 7.97. The van der Waals surface area contributed by atoms with Crippen LogP contribution in [0.15, 0.2) is 85.1 Å². The largest absolute Gasteiger partial charge is 0.469 e. The molecule has 51 heavy (non-hydrogen) atoms. The molecule has 0 rings (SSSR count). The number of ether oxygens (including phenoxy) is 2. The molecule has 0 aliphatic heterocycles. The van der Waals surface area contributed by atoms with Crippen molar-refractivity contribution in [2.45, 2.75) is 148 Å². The van der Waals surface area contributed by atoms with Gasteiger partial charge in [-0.05, 0) is 77.0 Å². The van der Waals surface area contributed by atoms with Crippen molar-refractivity contribution in [1.29, 1.82) is 0 Å². The molecule has 2 atom stereocenters. The van der Waals surface area contributed by atoms with Crippen molar-refractivity contribution in [3.8, 4) is 0 Å². The zero-order valence-corrected chi connectivity index (χ0v) is 32.2. The van der Waals surface area contributed by atoms with Crippen molar-refractivity contribution in [3.63, 3.8) is 0 Å². The molecular weight excluding hydrogens is 667 g/mol. The standard InChI is InChI=1S/C41H67O9P/c1-3-5-7-8-9-10-11-12-13-14-15-16-17-20-24-27-31-35-41(44)50-39(37-49-51(45,46)47)36-48-40(43)34-30-26-23-21-18-19-22-25-29-33-38(42)32-28-6-4-2/h5-7,9-10,12-13,15-16,22,25,28-29,33,38-39,42H,3-4,8,11,14,17-21,23-24,26-27,30-32,34-37H2,1-2H3,(H2,45,46,47)/b7-5-,10-9-,13-12-,16-15-,25-22+,28-6+,33-29+/t38?,39-/m1/s1. The molecule has 0 spiro atoms. The first-order chi connectivity index (χ1) is 24.7. The minimum absolute atomic E-state index is 0.164. The predicted molar refractivity (Wildman–Crippen MR) is 208 cm³/mol. The van der Waals surface area contributed by atoms with E-state index in [0.717, 1.165) is 89.9 Å². The first kappa shape index (κ1) is 48.2. The van der Waals surface area contributed by atoms with E-state index in [4.69, 9.17) is 19.3 Å². The molecule has 0 saturated carbocycles. The van der Waals surface area contributed by atoms with Crippen molar-refractivity contribution in [1.82, 2.24) is 0 Å². The zero-order chi connectivity index (χ0) is 37.7. The molecule has 9 nitrogen and oxygen atoms in total. The van der Waals surface area contributed by atoms with Crippen molar-refractivity contribution >= 4 is 19.8 Å². The van der Waals surface area contributed by atoms with Crippen LogP contribution in [0.3, 0.4) is 0 Å². The molecule has 0 heterocycles. The summed E-state index contributed by atoms with van der Waals surface area (Å²) in [6.45, 7) is 3.29. The number of aliphatic hydroxyl groups excluding tert-OH is 1. The summed E-state index contributed by atoms with van der Waals surface area (Å²) in [7, 11) is -4.78. The smallest absolute Gasteiger partial charge is 0.462 e. The fourth-order valence-corrected chi connectivity index (χ4v) is 5.05. The number of allylic oxidation sites excluding steroid dienone is 12. The van der Waals surface area contributed by atoms with Gasteiger partial charge in [0, 0.05) is 12.8 Å². The Hall–Kier alpha value is -2.81. The summed E-state index contributed by atoms with van der Waals surface area (Å²) < 4.78 is 26.3. The Labute approximate surface area is 308 Å². The minimum atomic E-state index is -4.78. The van der Waals surface area contributed by atoms with Gasteiger partial charge in [0.2, 0.25) is 0 Å². The van der Waals surface area contributed by atoms with Crippen molar-refractivity contribution in [2.75, 3.05) is 13.2 Å². The Morgan fingerprint density at radius 1 is 0.608 bits per heavy atom. The average Bonchev–Trinajstić information content (AvgIpc) is 3.09. The Kier molecular flexibility index (Phi) is 33.6. The van der Waals surface area contributed by atoms with E-state index in [9.17, 15) is 19.3 Å². The lowest BCUT2D eigenvalue weighted by atomic mass is 10.1. The van der Waals surface area contributed by atoms with Gasteiger partial charge >= 0.3 is 19.8 Å². The molecule has 1 unspecified atom stereocenters. The van der Waals surface area contributed by atoms with Crippen LogP contribution in [0.5, 0.6) is 0 Å². The van der Waals surface area contributed by atoms with Gasteiger partial charge in [-0.25, -0.2) is 4.57 Å². The van der Waals surface area contributed by atoms with E-state index in [0.29, 0.717) is 19.3 Å². The summed E-state index contributed by atoms with van der Waals surface area (Å²) in [5.41, 5.74) is 0. The van der Waals surface area contributed by atoms with E-state index in [1.165, 1.54) is 0 Å². The van der Waals surface area contributed by atoms with Crippen LogP contribution < -0.4 is 0 Å². The molecule has 0 radical (unpaired) electrons. The molecule has 0 saturated heterocycles. The van der Waals surface area contributed by atoms with E-state index in [1.54, 1.807) is 6.08 Å². The third kappa shape index (κ3) is 38.3. The number of carbonyl (C=O) groups is 2. The highest BCUT2D eigenvalue weighted by Crippen LogP contribution is 2.36. The van der Waals surface area contributed by atoms with Crippen LogP contribution in [-0.2, 0) is 28.2 Å². The summed E-state index contributed by atoms with van der Waals surface area (Å²) in [6, 6.07) is 0. The molecule has 0 bridgehead atoms. The summed E-state index contributed by atoms with van der Waals surface area (Å²) in [6.07, 6.45) is 43.4. The van der Waals surface area contributed by atoms with E-state index in [1.807, 2.05) is 24.3 Å². The predicted octanol–water partition coefficient (Wildman–Crippen LogP) is 10.3. The van der Waals surface area contributed by atoms with Crippen LogP contribution in [0, 0.1) is 0 Å². The minimum Gasteiger partial charge on any atom is -0.462 e. The highest BCUT2D eigenvalue weighted by atomic mass is 31.2. The van der Waals surface area contributed by atoms with Crippen LogP contribution in [0.1, 0.15) is 136 Å². The first-order valence-electron chi connectivity index (χ1n) is 19.0. The lowest BCUT2D eigenvalue weighted by Crippen LogP contribution is -2.29. The Morgan fingerprint density at radius 2 is 1.12 bits per heavy atom. The number of esters is 2. The van der Waals surface area contributed by atoms with E-state index < -0.39 is 38.6 Å². The number of phosphoric ester groups is 1. The number of hydrogen-bond donors (Lipinski definition) is 3. The van der Waals surface area contributed by atoms with E-state index in [-0.39, 0.29) is 19.4 Å². The quantitative estimate of drug-likeness (QED) is 0.0198. The summed E-state index contributed by atoms with van der Waals surface area (Å²) in [4.78, 5) is 42.7. The summed E-state index contributed by atoms with van der Waals surface area (Å²) in [5.74, 6) is -0.977. The van der Waals surface area contributed by atoms with Crippen LogP contribution in [0.25, 0.3) is 0 Å². The van der Waals surface area contributed by atoms with Crippen LogP contribution in [0.2, 0.25) is 0 Å². The third-order valence-electron chi connectivity index (χ3n) is 7.49. The van der Waals surface area contributed by atoms with Crippen molar-refractivity contribution in [2.24, 2.45) is 0 Å². The van der Waals surface area contributed by atoms with Gasteiger partial charge in [0.25, 0.3) is 0 Å². The average molecular weight is 735 g/mol. The first-order valence-corrected chi connectivity index (χ1v) is 20.5. The highest BCUT2D eigenvalue weighted by molar-refractivity contribution is 7.46. The number of hydrogen-bond acceptors (Lipinski definition) is 7. The van der Waals surface area contributed by atoms with Gasteiger partial charge in [0.15, 0.2) is 6.10 Å². The molecule has 10 heteroatoms. The molecule has 0 aromatic carbocycles. The number of unbranched alkanes of at least 4 members (excludes halogenated alkanes) is 9. The molecule has 0 aliphatic carbocycles. The van der Waals surface area contributed by atoms with Gasteiger partial charge in [-0.2, -0.15) is 0 Å². The molecule has 0 aliphatic rings. The number of phosphoric acid groups is 1. The topological polar surface area (TPSA) is 140 Å². The summed E-state index contributed by atoms with van der Waals surface area (Å²) in [5, 5.41) is 9.83. The van der Waals surface area contributed by atoms with Gasteiger partial charge in [0.1, 0.15) is 6.61 Å². The molecule has 0 aromatic rings. The maximum absolute atomic E-state index is 12.4. The van der Waals surface area contributed by atoms with Crippen LogP contribution >= 0.6 is 7.82 Å². The molecular formula is C41H67O9P. The SMILES string of the molecule is CC/C=C\C/C=C\C/C=C\C/C=C\CCCCCCC(=O)O[C@H](COC(=O)CCCCCCC/C=C/C=C/C(O)C/C=C/CC)COP(=O)(O)O. The Morgan fingerprint density at radius 3 is 1.73 bits per heavy atom. The second kappa shape index (κ2) is 35.6. The van der Waals surface area contributed by atoms with Crippen molar-refractivity contribution in [3.05, 3.63) is 85.1 Å². The van der Waals surface area contributed by atoms with Gasteiger partial charge in [-0.1, -0.05) is 131 Å². The fraction of sp³-hybridized carbons (Fsp3) is 0.610.